The Hall–Kier alpha value is -8.38. The predicted octanol–water partition coefficient (Wildman–Crippen LogP) is 0.297. The normalized spacial score (nSPS) is 8.90. The summed E-state index contributed by atoms with van der Waals surface area (Å²) in [6.07, 6.45) is 0. The van der Waals surface area contributed by atoms with E-state index in [9.17, 15) is 47.9 Å². The van der Waals surface area contributed by atoms with Gasteiger partial charge in [-0.1, -0.05) is 65.8 Å². The van der Waals surface area contributed by atoms with Crippen molar-refractivity contribution in [1.82, 2.24) is 0 Å². The van der Waals surface area contributed by atoms with Gasteiger partial charge in [-0.2, -0.15) is 0 Å². The fraction of sp³-hybridized carbons (Fsp3) is 0.455. The van der Waals surface area contributed by atoms with Crippen molar-refractivity contribution >= 4 is 59.7 Å². The van der Waals surface area contributed by atoms with Crippen molar-refractivity contribution in [2.45, 2.75) is 69.2 Å². The SMILES string of the molecule is C=C(C)C(=O)O.C=C(C)C(=O)O.C=C(C)C(=O)O.C=C(C)C(=O)O.C=C(C)C(=O)O.C=C(C)C(=O)O.C=C(C)C(=O)O.C=C(C)C(=O)O.C=C(C)C(=O)O.C=C(C)C(=O)O.OCC(CO)(CO)CO.OCC(CO)(CO)CO.OCC(CO)(CO)CO. The van der Waals surface area contributed by atoms with Crippen molar-refractivity contribution in [3.63, 3.8) is 0 Å². The number of hydrogen-bond acceptors (Lipinski definition) is 22. The van der Waals surface area contributed by atoms with Gasteiger partial charge in [-0.25, -0.2) is 47.9 Å². The highest BCUT2D eigenvalue weighted by Gasteiger charge is 2.28. The van der Waals surface area contributed by atoms with Crippen LogP contribution in [0.4, 0.5) is 0 Å². The van der Waals surface area contributed by atoms with Crippen LogP contribution in [0, 0.1) is 16.2 Å². The van der Waals surface area contributed by atoms with Crippen molar-refractivity contribution in [2.24, 2.45) is 16.2 Å². The van der Waals surface area contributed by atoms with Crippen molar-refractivity contribution in [3.05, 3.63) is 122 Å². The summed E-state index contributed by atoms with van der Waals surface area (Å²) in [5.74, 6) is -9.35. The molecule has 0 aliphatic rings. The topological polar surface area (TPSA) is 616 Å². The lowest BCUT2D eigenvalue weighted by Crippen LogP contribution is -2.37. The third-order valence-electron chi connectivity index (χ3n) is 7.68. The van der Waals surface area contributed by atoms with Gasteiger partial charge in [-0.15, -0.1) is 0 Å². The summed E-state index contributed by atoms with van der Waals surface area (Å²) in [7, 11) is 0. The van der Waals surface area contributed by atoms with Crippen LogP contribution >= 0.6 is 0 Å². The number of carboxylic acid groups (broad SMARTS) is 10. The predicted molar refractivity (Wildman–Crippen MR) is 317 cm³/mol. The summed E-state index contributed by atoms with van der Waals surface area (Å²) in [5.41, 5.74) is -1.57. The maximum atomic E-state index is 9.60. The molecule has 0 saturated heterocycles. The lowest BCUT2D eigenvalue weighted by molar-refractivity contribution is -0.133. The van der Waals surface area contributed by atoms with Gasteiger partial charge in [0.2, 0.25) is 0 Å². The van der Waals surface area contributed by atoms with E-state index in [-0.39, 0.29) is 55.7 Å². The molecule has 0 unspecified atom stereocenters. The second kappa shape index (κ2) is 68.4. The molecule has 0 aliphatic carbocycles. The van der Waals surface area contributed by atoms with Gasteiger partial charge in [0.1, 0.15) is 0 Å². The molecule has 0 spiro atoms. The summed E-state index contributed by atoms with van der Waals surface area (Å²) < 4.78 is 0. The largest absolute Gasteiger partial charge is 0.478 e. The molecule has 87 heavy (non-hydrogen) atoms. The van der Waals surface area contributed by atoms with Crippen LogP contribution in [0.1, 0.15) is 69.2 Å². The third-order valence-corrected chi connectivity index (χ3v) is 7.68. The van der Waals surface area contributed by atoms with Crippen molar-refractivity contribution < 1.29 is 160 Å². The van der Waals surface area contributed by atoms with Crippen LogP contribution in [0.2, 0.25) is 0 Å². The van der Waals surface area contributed by atoms with E-state index < -0.39 is 155 Å². The Kier molecular flexibility index (Phi) is 86.5. The van der Waals surface area contributed by atoms with Crippen LogP contribution in [0.25, 0.3) is 0 Å². The zero-order valence-corrected chi connectivity index (χ0v) is 51.0. The Bertz CT molecular complexity index is 1530. The average molecular weight is 1270 g/mol. The van der Waals surface area contributed by atoms with E-state index in [0.717, 1.165) is 0 Å². The summed E-state index contributed by atoms with van der Waals surface area (Å²) in [6, 6.07) is 0. The van der Waals surface area contributed by atoms with Gasteiger partial charge in [0.05, 0.1) is 95.5 Å². The molecule has 0 aromatic carbocycles. The molecule has 508 valence electrons. The maximum absolute atomic E-state index is 9.60. The fourth-order valence-corrected chi connectivity index (χ4v) is 0.900. The molecular formula is C55H96O32. The second-order valence-electron chi connectivity index (χ2n) is 17.3. The van der Waals surface area contributed by atoms with Gasteiger partial charge in [0.25, 0.3) is 0 Å². The lowest BCUT2D eigenvalue weighted by atomic mass is 9.93. The van der Waals surface area contributed by atoms with Crippen LogP contribution in [0.15, 0.2) is 122 Å². The lowest BCUT2D eigenvalue weighted by Gasteiger charge is -2.23. The summed E-state index contributed by atoms with van der Waals surface area (Å²) >= 11 is 0. The molecule has 0 aromatic rings. The summed E-state index contributed by atoms with van der Waals surface area (Å²) in [6.45, 7) is 41.1. The molecule has 0 amide bonds. The minimum atomic E-state index is -1.11. The number of aliphatic hydroxyl groups excluding tert-OH is 12. The third kappa shape index (κ3) is 97.1. The van der Waals surface area contributed by atoms with Crippen LogP contribution in [0.5, 0.6) is 0 Å². The monoisotopic (exact) mass is 1270 g/mol. The van der Waals surface area contributed by atoms with Gasteiger partial charge < -0.3 is 112 Å². The molecule has 0 bridgehead atoms. The first-order valence-corrected chi connectivity index (χ1v) is 23.4. The van der Waals surface area contributed by atoms with Gasteiger partial charge in [-0.05, 0) is 69.2 Å². The molecule has 0 rings (SSSR count). The van der Waals surface area contributed by atoms with Crippen molar-refractivity contribution in [3.8, 4) is 0 Å². The molecule has 32 heteroatoms. The first-order valence-electron chi connectivity index (χ1n) is 23.4. The Balaban J connectivity index is -0.0000000622. The van der Waals surface area contributed by atoms with E-state index in [0.29, 0.717) is 0 Å². The molecule has 0 saturated carbocycles. The molecule has 0 aromatic heterocycles. The molecule has 32 nitrogen and oxygen atoms in total. The zero-order chi connectivity index (χ0) is 73.5. The first kappa shape index (κ1) is 110. The standard InChI is InChI=1S/3C5H12O4.10C4H6O2/c3*6-1-5(2-7,3-8)4-9;10*1-3(2)4(5)6/h3*6-9H,1-4H2;10*1H2,2H3,(H,5,6). The van der Waals surface area contributed by atoms with Gasteiger partial charge in [-0.3, -0.25) is 0 Å². The Labute approximate surface area is 505 Å². The number of carbonyl (C=O) groups is 10. The van der Waals surface area contributed by atoms with Crippen LogP contribution < -0.4 is 0 Å². The Morgan fingerprint density at radius 3 is 0.218 bits per heavy atom. The highest BCUT2D eigenvalue weighted by molar-refractivity contribution is 5.88. The molecule has 0 heterocycles. The minimum Gasteiger partial charge on any atom is -0.478 e. The van der Waals surface area contributed by atoms with Gasteiger partial charge >= 0.3 is 59.7 Å². The highest BCUT2D eigenvalue weighted by atomic mass is 16.4. The van der Waals surface area contributed by atoms with Gasteiger partial charge in [0, 0.05) is 55.7 Å². The fourth-order valence-electron chi connectivity index (χ4n) is 0.900. The molecule has 0 fully saturated rings. The summed E-state index contributed by atoms with van der Waals surface area (Å²) in [4.78, 5) is 96.0. The van der Waals surface area contributed by atoms with E-state index in [1.165, 1.54) is 69.2 Å². The van der Waals surface area contributed by atoms with Crippen LogP contribution in [0.3, 0.4) is 0 Å². The first-order chi connectivity index (χ1) is 39.2. The Morgan fingerprint density at radius 2 is 0.218 bits per heavy atom. The van der Waals surface area contributed by atoms with Crippen LogP contribution in [-0.2, 0) is 47.9 Å². The number of rotatable bonds is 22. The molecule has 0 aliphatic heterocycles. The van der Waals surface area contributed by atoms with Crippen molar-refractivity contribution in [2.75, 3.05) is 79.3 Å². The zero-order valence-electron chi connectivity index (χ0n) is 51.0. The number of aliphatic hydroxyl groups is 12. The minimum absolute atomic E-state index is 0.176. The van der Waals surface area contributed by atoms with Crippen molar-refractivity contribution in [1.29, 1.82) is 0 Å². The van der Waals surface area contributed by atoms with E-state index in [2.05, 4.69) is 65.8 Å². The summed E-state index contributed by atoms with van der Waals surface area (Å²) in [5, 5.41) is 181. The Morgan fingerprint density at radius 1 is 0.184 bits per heavy atom. The van der Waals surface area contributed by atoms with E-state index in [4.69, 9.17) is 112 Å². The number of hydrogen-bond donors (Lipinski definition) is 22. The average Bonchev–Trinajstić information content (AvgIpc) is 3.43. The molecule has 0 atom stereocenters. The molecule has 0 radical (unpaired) electrons. The number of carboxylic acids is 10. The van der Waals surface area contributed by atoms with Gasteiger partial charge in [0.15, 0.2) is 0 Å². The van der Waals surface area contributed by atoms with Crippen LogP contribution in [-0.4, -0.2) is 251 Å². The van der Waals surface area contributed by atoms with E-state index >= 15 is 0 Å². The van der Waals surface area contributed by atoms with E-state index in [1.54, 1.807) is 0 Å². The molecular weight excluding hydrogens is 1170 g/mol. The second-order valence-corrected chi connectivity index (χ2v) is 17.3. The quantitative estimate of drug-likeness (QED) is 0.0648. The highest BCUT2D eigenvalue weighted by Crippen LogP contribution is 2.13. The molecule has 22 N–H and O–H groups in total. The maximum Gasteiger partial charge on any atom is 0.330 e. The van der Waals surface area contributed by atoms with E-state index in [1.807, 2.05) is 0 Å². The smallest absolute Gasteiger partial charge is 0.330 e. The number of aliphatic carboxylic acids is 10.